The molecule has 0 radical (unpaired) electrons. The predicted octanol–water partition coefficient (Wildman–Crippen LogP) is 5.84. The maximum Gasteiger partial charge on any atom is 0.416 e. The summed E-state index contributed by atoms with van der Waals surface area (Å²) in [5.74, 6) is 1.16. The summed E-state index contributed by atoms with van der Waals surface area (Å²) < 4.78 is 38.2. The number of hydrogen-bond donors (Lipinski definition) is 0. The highest BCUT2D eigenvalue weighted by atomic mass is 79.9. The molecule has 3 atom stereocenters. The van der Waals surface area contributed by atoms with Crippen LogP contribution in [0.15, 0.2) is 24.3 Å². The molecule has 1 fully saturated rings. The van der Waals surface area contributed by atoms with Crippen molar-refractivity contribution in [3.8, 4) is 0 Å². The van der Waals surface area contributed by atoms with Crippen LogP contribution in [0.5, 0.6) is 0 Å². The number of hydrogen-bond acceptors (Lipinski definition) is 0. The zero-order valence-electron chi connectivity index (χ0n) is 11.6. The second-order valence-corrected chi connectivity index (χ2v) is 6.94. The molecule has 4 heteroatoms. The lowest BCUT2D eigenvalue weighted by Gasteiger charge is -2.33. The van der Waals surface area contributed by atoms with E-state index in [4.69, 9.17) is 0 Å². The maximum absolute atomic E-state index is 12.7. The van der Waals surface area contributed by atoms with Gasteiger partial charge < -0.3 is 0 Å². The first-order chi connectivity index (χ1) is 9.40. The van der Waals surface area contributed by atoms with E-state index in [1.165, 1.54) is 25.0 Å². The Labute approximate surface area is 126 Å². The fraction of sp³-hybridized carbons (Fsp3) is 0.625. The van der Waals surface area contributed by atoms with Crippen molar-refractivity contribution >= 4 is 15.9 Å². The lowest BCUT2D eigenvalue weighted by atomic mass is 9.77. The molecular formula is C16H20BrF3. The zero-order chi connectivity index (χ0) is 14.8. The molecule has 112 valence electrons. The fourth-order valence-electron chi connectivity index (χ4n) is 3.08. The molecule has 1 aliphatic rings. The Morgan fingerprint density at radius 1 is 1.25 bits per heavy atom. The van der Waals surface area contributed by atoms with Crippen molar-refractivity contribution in [1.82, 2.24) is 0 Å². The zero-order valence-corrected chi connectivity index (χ0v) is 13.2. The van der Waals surface area contributed by atoms with Gasteiger partial charge in [0.1, 0.15) is 0 Å². The number of benzene rings is 1. The first-order valence-corrected chi connectivity index (χ1v) is 8.12. The molecule has 2 rings (SSSR count). The third-order valence-electron chi connectivity index (χ3n) is 4.33. The van der Waals surface area contributed by atoms with E-state index in [9.17, 15) is 13.2 Å². The molecule has 0 spiro atoms. The van der Waals surface area contributed by atoms with Crippen LogP contribution in [0.25, 0.3) is 0 Å². The van der Waals surface area contributed by atoms with Crippen LogP contribution in [0, 0.1) is 11.8 Å². The number of alkyl halides is 4. The van der Waals surface area contributed by atoms with E-state index in [1.54, 1.807) is 0 Å². The third-order valence-corrected chi connectivity index (χ3v) is 5.53. The lowest BCUT2D eigenvalue weighted by molar-refractivity contribution is -0.137. The first kappa shape index (κ1) is 15.9. The molecule has 0 saturated heterocycles. The van der Waals surface area contributed by atoms with Gasteiger partial charge in [0.2, 0.25) is 0 Å². The standard InChI is InChI=1S/C16H20BrF3/c1-2-11-6-7-15(17)13(8-11)9-12-4-3-5-14(10-12)16(18,19)20/h3-5,10-11,13,15H,2,6-9H2,1H3. The highest BCUT2D eigenvalue weighted by Gasteiger charge is 2.31. The van der Waals surface area contributed by atoms with Crippen molar-refractivity contribution in [2.45, 2.75) is 50.0 Å². The van der Waals surface area contributed by atoms with Crippen LogP contribution in [0.2, 0.25) is 0 Å². The Morgan fingerprint density at radius 2 is 2.00 bits per heavy atom. The SMILES string of the molecule is CCC1CCC(Br)C(Cc2cccc(C(F)(F)F)c2)C1. The Hall–Kier alpha value is -0.510. The molecule has 0 aliphatic heterocycles. The average Bonchev–Trinajstić information content (AvgIpc) is 2.41. The van der Waals surface area contributed by atoms with Crippen molar-refractivity contribution < 1.29 is 13.2 Å². The summed E-state index contributed by atoms with van der Waals surface area (Å²) in [5, 5.41) is 0. The fourth-order valence-corrected chi connectivity index (χ4v) is 3.75. The van der Waals surface area contributed by atoms with Gasteiger partial charge >= 0.3 is 6.18 Å². The van der Waals surface area contributed by atoms with Crippen LogP contribution in [-0.4, -0.2) is 4.83 Å². The molecule has 0 N–H and O–H groups in total. The molecule has 0 amide bonds. The van der Waals surface area contributed by atoms with Gasteiger partial charge in [-0.05, 0) is 49.1 Å². The van der Waals surface area contributed by atoms with Gasteiger partial charge in [0, 0.05) is 4.83 Å². The van der Waals surface area contributed by atoms with E-state index < -0.39 is 11.7 Å². The van der Waals surface area contributed by atoms with Crippen LogP contribution in [-0.2, 0) is 12.6 Å². The van der Waals surface area contributed by atoms with Gasteiger partial charge in [0.15, 0.2) is 0 Å². The van der Waals surface area contributed by atoms with Crippen LogP contribution >= 0.6 is 15.9 Å². The van der Waals surface area contributed by atoms with E-state index in [1.807, 2.05) is 6.07 Å². The van der Waals surface area contributed by atoms with E-state index in [2.05, 4.69) is 22.9 Å². The molecular weight excluding hydrogens is 329 g/mol. The molecule has 1 aromatic rings. The van der Waals surface area contributed by atoms with E-state index in [0.29, 0.717) is 10.7 Å². The van der Waals surface area contributed by atoms with Gasteiger partial charge in [-0.25, -0.2) is 0 Å². The summed E-state index contributed by atoms with van der Waals surface area (Å²) in [6, 6.07) is 5.77. The number of halogens is 4. The number of rotatable bonds is 3. The van der Waals surface area contributed by atoms with Crippen LogP contribution in [0.3, 0.4) is 0 Å². The summed E-state index contributed by atoms with van der Waals surface area (Å²) in [7, 11) is 0. The minimum absolute atomic E-state index is 0.430. The monoisotopic (exact) mass is 348 g/mol. The van der Waals surface area contributed by atoms with Crippen molar-refractivity contribution in [1.29, 1.82) is 0 Å². The van der Waals surface area contributed by atoms with Crippen LogP contribution in [0.1, 0.15) is 43.7 Å². The van der Waals surface area contributed by atoms with Crippen LogP contribution in [0.4, 0.5) is 13.2 Å². The van der Waals surface area contributed by atoms with Crippen molar-refractivity contribution in [2.24, 2.45) is 11.8 Å². The highest BCUT2D eigenvalue weighted by molar-refractivity contribution is 9.09. The molecule has 0 nitrogen and oxygen atoms in total. The van der Waals surface area contributed by atoms with Gasteiger partial charge in [0.05, 0.1) is 5.56 Å². The van der Waals surface area contributed by atoms with Gasteiger partial charge in [-0.15, -0.1) is 0 Å². The average molecular weight is 349 g/mol. The van der Waals surface area contributed by atoms with Crippen molar-refractivity contribution in [3.05, 3.63) is 35.4 Å². The Balaban J connectivity index is 2.09. The molecule has 1 aromatic carbocycles. The summed E-state index contributed by atoms with van der Waals surface area (Å²) in [6.45, 7) is 2.19. The maximum atomic E-state index is 12.7. The smallest absolute Gasteiger partial charge is 0.166 e. The van der Waals surface area contributed by atoms with E-state index in [0.717, 1.165) is 36.8 Å². The summed E-state index contributed by atoms with van der Waals surface area (Å²) in [4.78, 5) is 0.430. The van der Waals surface area contributed by atoms with E-state index >= 15 is 0 Å². The van der Waals surface area contributed by atoms with Gasteiger partial charge in [-0.3, -0.25) is 0 Å². The topological polar surface area (TPSA) is 0 Å². The Kier molecular flexibility index (Phi) is 5.16. The molecule has 0 heterocycles. The quantitative estimate of drug-likeness (QED) is 0.602. The Morgan fingerprint density at radius 3 is 2.65 bits per heavy atom. The van der Waals surface area contributed by atoms with Crippen molar-refractivity contribution in [3.63, 3.8) is 0 Å². The highest BCUT2D eigenvalue weighted by Crippen LogP contribution is 2.38. The normalized spacial score (nSPS) is 27.6. The Bertz CT molecular complexity index is 442. The minimum Gasteiger partial charge on any atom is -0.166 e. The molecule has 1 saturated carbocycles. The van der Waals surface area contributed by atoms with E-state index in [-0.39, 0.29) is 0 Å². The minimum atomic E-state index is -4.25. The molecule has 1 aliphatic carbocycles. The molecule has 0 bridgehead atoms. The molecule has 20 heavy (non-hydrogen) atoms. The second-order valence-electron chi connectivity index (χ2n) is 5.77. The summed E-state index contributed by atoms with van der Waals surface area (Å²) in [5.41, 5.74) is 0.259. The largest absolute Gasteiger partial charge is 0.416 e. The second kappa shape index (κ2) is 6.50. The summed E-state index contributed by atoms with van der Waals surface area (Å²) >= 11 is 3.70. The predicted molar refractivity (Wildman–Crippen MR) is 79.0 cm³/mol. The van der Waals surface area contributed by atoms with Gasteiger partial charge in [0.25, 0.3) is 0 Å². The third kappa shape index (κ3) is 4.00. The lowest BCUT2D eigenvalue weighted by Crippen LogP contribution is -2.26. The van der Waals surface area contributed by atoms with Crippen LogP contribution < -0.4 is 0 Å². The van der Waals surface area contributed by atoms with Gasteiger partial charge in [-0.1, -0.05) is 47.5 Å². The van der Waals surface area contributed by atoms with Gasteiger partial charge in [-0.2, -0.15) is 13.2 Å². The van der Waals surface area contributed by atoms with Crippen molar-refractivity contribution in [2.75, 3.05) is 0 Å². The molecule has 0 aromatic heterocycles. The first-order valence-electron chi connectivity index (χ1n) is 7.20. The summed E-state index contributed by atoms with van der Waals surface area (Å²) in [6.07, 6.45) is 1.12. The molecule has 3 unspecified atom stereocenters.